The number of hydrogen-bond donors (Lipinski definition) is 2. The first-order valence-corrected chi connectivity index (χ1v) is 10.7. The number of anilines is 1. The third-order valence-corrected chi connectivity index (χ3v) is 5.89. The zero-order valence-electron chi connectivity index (χ0n) is 17.9. The quantitative estimate of drug-likeness (QED) is 0.420. The molecule has 2 atom stereocenters. The molecule has 1 saturated carbocycles. The maximum atomic E-state index is 14.5. The molecule has 174 valence electrons. The second kappa shape index (κ2) is 9.00. The minimum absolute atomic E-state index is 0.0882. The number of rotatable bonds is 7. The van der Waals surface area contributed by atoms with Crippen molar-refractivity contribution in [2.24, 2.45) is 5.92 Å². The smallest absolute Gasteiger partial charge is 0.308 e. The van der Waals surface area contributed by atoms with Crippen molar-refractivity contribution in [3.63, 3.8) is 0 Å². The number of carbonyl (C=O) groups is 1. The Hall–Kier alpha value is -4.15. The number of nitrogens with zero attached hydrogens (tertiary/aromatic N) is 5. The molecule has 9 nitrogen and oxygen atoms in total. The standard InChI is InChI=1S/C23H20F2N6O3/c24-15-6-2-1-4-13(15)12-31-20(18-8-9-34-30-18)10-19(29-31)22-26-11-16(25)21(28-22)27-17-7-3-5-14(17)23(32)33/h1-2,4,6,8-11,14,17H,3,5,7,12H2,(H,32,33)(H,26,27,28)/t14-,17+/m0/s1. The monoisotopic (exact) mass is 466 g/mol. The lowest BCUT2D eigenvalue weighted by atomic mass is 10.0. The summed E-state index contributed by atoms with van der Waals surface area (Å²) in [4.78, 5) is 19.8. The van der Waals surface area contributed by atoms with E-state index in [1.165, 1.54) is 12.3 Å². The van der Waals surface area contributed by atoms with Crippen LogP contribution in [0.5, 0.6) is 0 Å². The lowest BCUT2D eigenvalue weighted by molar-refractivity contribution is -0.141. The second-order valence-electron chi connectivity index (χ2n) is 8.07. The van der Waals surface area contributed by atoms with Gasteiger partial charge in [-0.25, -0.2) is 18.7 Å². The van der Waals surface area contributed by atoms with Gasteiger partial charge in [-0.2, -0.15) is 5.10 Å². The Balaban J connectivity index is 1.49. The predicted octanol–water partition coefficient (Wildman–Crippen LogP) is 3.99. The molecule has 0 radical (unpaired) electrons. The lowest BCUT2D eigenvalue weighted by Crippen LogP contribution is -2.30. The van der Waals surface area contributed by atoms with Gasteiger partial charge in [-0.1, -0.05) is 29.8 Å². The Morgan fingerprint density at radius 3 is 2.79 bits per heavy atom. The van der Waals surface area contributed by atoms with E-state index in [4.69, 9.17) is 4.52 Å². The number of nitrogens with one attached hydrogen (secondary N) is 1. The average Bonchev–Trinajstić information content (AvgIpc) is 3.57. The molecule has 3 heterocycles. The first-order chi connectivity index (χ1) is 16.5. The normalized spacial score (nSPS) is 17.7. The van der Waals surface area contributed by atoms with Crippen LogP contribution in [-0.4, -0.2) is 42.0 Å². The Kier molecular flexibility index (Phi) is 5.74. The highest BCUT2D eigenvalue weighted by Gasteiger charge is 2.33. The van der Waals surface area contributed by atoms with E-state index in [1.807, 2.05) is 0 Å². The minimum atomic E-state index is -0.922. The molecule has 0 amide bonds. The van der Waals surface area contributed by atoms with Crippen molar-refractivity contribution in [2.45, 2.75) is 31.8 Å². The maximum Gasteiger partial charge on any atom is 0.308 e. The maximum absolute atomic E-state index is 14.5. The van der Waals surface area contributed by atoms with E-state index in [2.05, 4.69) is 25.5 Å². The first kappa shape index (κ1) is 21.7. The van der Waals surface area contributed by atoms with E-state index < -0.39 is 23.7 Å². The summed E-state index contributed by atoms with van der Waals surface area (Å²) in [5.41, 5.74) is 1.76. The van der Waals surface area contributed by atoms with Crippen LogP contribution < -0.4 is 5.32 Å². The molecule has 11 heteroatoms. The fourth-order valence-electron chi connectivity index (χ4n) is 4.18. The molecule has 0 unspecified atom stereocenters. The van der Waals surface area contributed by atoms with Gasteiger partial charge in [0, 0.05) is 17.7 Å². The number of benzene rings is 1. The molecular formula is C23H20F2N6O3. The zero-order valence-corrected chi connectivity index (χ0v) is 17.9. The summed E-state index contributed by atoms with van der Waals surface area (Å²) in [7, 11) is 0. The van der Waals surface area contributed by atoms with Crippen LogP contribution in [0.4, 0.5) is 14.6 Å². The minimum Gasteiger partial charge on any atom is -0.481 e. The highest BCUT2D eigenvalue weighted by atomic mass is 19.1. The highest BCUT2D eigenvalue weighted by Crippen LogP contribution is 2.30. The number of hydrogen-bond acceptors (Lipinski definition) is 7. The van der Waals surface area contributed by atoms with Crippen LogP contribution in [0.25, 0.3) is 22.9 Å². The molecule has 0 saturated heterocycles. The van der Waals surface area contributed by atoms with Crippen molar-refractivity contribution in [1.82, 2.24) is 24.9 Å². The molecule has 2 N–H and O–H groups in total. The van der Waals surface area contributed by atoms with E-state index in [0.29, 0.717) is 35.5 Å². The summed E-state index contributed by atoms with van der Waals surface area (Å²) < 4.78 is 35.2. The Morgan fingerprint density at radius 2 is 2.03 bits per heavy atom. The van der Waals surface area contributed by atoms with Gasteiger partial charge in [0.2, 0.25) is 0 Å². The molecule has 4 aromatic rings. The molecule has 0 aliphatic heterocycles. The van der Waals surface area contributed by atoms with Crippen LogP contribution in [-0.2, 0) is 11.3 Å². The molecule has 0 spiro atoms. The number of aliphatic carboxylic acids is 1. The van der Waals surface area contributed by atoms with E-state index in [1.54, 1.807) is 35.0 Å². The van der Waals surface area contributed by atoms with Crippen molar-refractivity contribution >= 4 is 11.8 Å². The van der Waals surface area contributed by atoms with E-state index in [9.17, 15) is 18.7 Å². The molecular weight excluding hydrogens is 446 g/mol. The Bertz CT molecular complexity index is 1320. The molecule has 1 aromatic carbocycles. The van der Waals surface area contributed by atoms with Crippen molar-refractivity contribution in [3.05, 3.63) is 66.1 Å². The zero-order chi connectivity index (χ0) is 23.7. The fraction of sp³-hybridized carbons (Fsp3) is 0.261. The topological polar surface area (TPSA) is 119 Å². The van der Waals surface area contributed by atoms with E-state index in [0.717, 1.165) is 12.6 Å². The summed E-state index contributed by atoms with van der Waals surface area (Å²) in [5.74, 6) is -2.56. The number of halogens is 2. The third kappa shape index (κ3) is 4.24. The van der Waals surface area contributed by atoms with Crippen LogP contribution in [0.3, 0.4) is 0 Å². The summed E-state index contributed by atoms with van der Waals surface area (Å²) in [6.45, 7) is 0.115. The van der Waals surface area contributed by atoms with Gasteiger partial charge in [0.1, 0.15) is 23.5 Å². The van der Waals surface area contributed by atoms with Crippen molar-refractivity contribution < 1.29 is 23.2 Å². The molecule has 0 bridgehead atoms. The highest BCUT2D eigenvalue weighted by molar-refractivity contribution is 5.72. The van der Waals surface area contributed by atoms with Crippen LogP contribution in [0.15, 0.2) is 53.4 Å². The van der Waals surface area contributed by atoms with Gasteiger partial charge in [0.15, 0.2) is 17.5 Å². The molecule has 34 heavy (non-hydrogen) atoms. The van der Waals surface area contributed by atoms with Crippen LogP contribution in [0.1, 0.15) is 24.8 Å². The van der Waals surface area contributed by atoms with Crippen molar-refractivity contribution in [2.75, 3.05) is 5.32 Å². The SMILES string of the molecule is O=C(O)[C@H]1CCC[C@H]1Nc1nc(-c2cc(-c3ccon3)n(Cc3ccccc3F)n2)ncc1F. The van der Waals surface area contributed by atoms with Crippen molar-refractivity contribution in [3.8, 4) is 22.9 Å². The Morgan fingerprint density at radius 1 is 1.18 bits per heavy atom. The van der Waals surface area contributed by atoms with Crippen LogP contribution >= 0.6 is 0 Å². The van der Waals surface area contributed by atoms with Gasteiger partial charge in [-0.3, -0.25) is 9.48 Å². The Labute approximate surface area is 192 Å². The summed E-state index contributed by atoms with van der Waals surface area (Å²) in [6, 6.07) is 9.22. The number of carboxylic acid groups (broad SMARTS) is 1. The van der Waals surface area contributed by atoms with Gasteiger partial charge in [0.05, 0.1) is 24.4 Å². The average molecular weight is 466 g/mol. The second-order valence-corrected chi connectivity index (χ2v) is 8.07. The largest absolute Gasteiger partial charge is 0.481 e. The van der Waals surface area contributed by atoms with Gasteiger partial charge in [-0.15, -0.1) is 0 Å². The van der Waals surface area contributed by atoms with Crippen LogP contribution in [0, 0.1) is 17.6 Å². The van der Waals surface area contributed by atoms with Crippen LogP contribution in [0.2, 0.25) is 0 Å². The molecule has 1 aliphatic carbocycles. The van der Waals surface area contributed by atoms with E-state index >= 15 is 0 Å². The molecule has 1 aliphatic rings. The number of aromatic nitrogens is 5. The lowest BCUT2D eigenvalue weighted by Gasteiger charge is -2.18. The number of carboxylic acids is 1. The van der Waals surface area contributed by atoms with Crippen molar-refractivity contribution in [1.29, 1.82) is 0 Å². The summed E-state index contributed by atoms with van der Waals surface area (Å²) in [5, 5.41) is 20.8. The molecule has 1 fully saturated rings. The van der Waals surface area contributed by atoms with Gasteiger partial charge in [-0.05, 0) is 25.0 Å². The fourth-order valence-corrected chi connectivity index (χ4v) is 4.18. The summed E-state index contributed by atoms with van der Waals surface area (Å²) >= 11 is 0. The summed E-state index contributed by atoms with van der Waals surface area (Å²) in [6.07, 6.45) is 4.28. The first-order valence-electron chi connectivity index (χ1n) is 10.7. The molecule has 5 rings (SSSR count). The predicted molar refractivity (Wildman–Crippen MR) is 117 cm³/mol. The molecule has 3 aromatic heterocycles. The van der Waals surface area contributed by atoms with E-state index in [-0.39, 0.29) is 24.0 Å². The third-order valence-electron chi connectivity index (χ3n) is 5.89. The van der Waals surface area contributed by atoms with Gasteiger partial charge < -0.3 is 14.9 Å². The van der Waals surface area contributed by atoms with Gasteiger partial charge >= 0.3 is 5.97 Å². The van der Waals surface area contributed by atoms with Gasteiger partial charge in [0.25, 0.3) is 0 Å².